The van der Waals surface area contributed by atoms with Crippen molar-refractivity contribution in [1.29, 1.82) is 0 Å². The third-order valence-electron chi connectivity index (χ3n) is 3.20. The number of pyridine rings is 1. The van der Waals surface area contributed by atoms with Crippen LogP contribution in [0.3, 0.4) is 0 Å². The van der Waals surface area contributed by atoms with E-state index in [0.717, 1.165) is 11.3 Å². The topological polar surface area (TPSA) is 89.8 Å². The maximum atomic E-state index is 6.07. The summed E-state index contributed by atoms with van der Waals surface area (Å²) < 4.78 is 6.97. The first-order valence-corrected chi connectivity index (χ1v) is 7.24. The first-order chi connectivity index (χ1) is 11.2. The number of ether oxygens (including phenoxy) is 1. The molecule has 0 aliphatic heterocycles. The van der Waals surface area contributed by atoms with Gasteiger partial charge in [-0.2, -0.15) is 0 Å². The summed E-state index contributed by atoms with van der Waals surface area (Å²) in [7, 11) is 1.56. The van der Waals surface area contributed by atoms with Gasteiger partial charge in [0.2, 0.25) is 0 Å². The van der Waals surface area contributed by atoms with Crippen molar-refractivity contribution < 1.29 is 4.74 Å². The first-order valence-electron chi connectivity index (χ1n) is 6.86. The summed E-state index contributed by atoms with van der Waals surface area (Å²) in [6.07, 6.45) is 1.88. The number of halogens is 2. The number of hydrogen-bond donors (Lipinski definition) is 2. The molecule has 0 bridgehead atoms. The van der Waals surface area contributed by atoms with E-state index in [1.807, 2.05) is 28.8 Å². The minimum Gasteiger partial charge on any atom is -0.495 e. The average Bonchev–Trinajstić information content (AvgIpc) is 2.96. The highest BCUT2D eigenvalue weighted by Gasteiger charge is 2.05. The molecule has 0 saturated heterocycles. The summed E-state index contributed by atoms with van der Waals surface area (Å²) in [5.41, 5.74) is 7.39. The van der Waals surface area contributed by atoms with E-state index in [2.05, 4.69) is 20.5 Å². The third-order valence-corrected chi connectivity index (χ3v) is 3.49. The Bertz CT molecular complexity index is 866. The maximum Gasteiger partial charge on any atom is 0.193 e. The summed E-state index contributed by atoms with van der Waals surface area (Å²) in [6, 6.07) is 11.0. The van der Waals surface area contributed by atoms with Crippen LogP contribution in [0.5, 0.6) is 5.75 Å². The number of aliphatic imine (C=N–C) groups is 1. The number of hydrogen-bond acceptors (Lipinski definition) is 4. The predicted octanol–water partition coefficient (Wildman–Crippen LogP) is 2.94. The summed E-state index contributed by atoms with van der Waals surface area (Å²) in [5, 5.41) is 11.6. The van der Waals surface area contributed by atoms with Crippen LogP contribution < -0.4 is 15.8 Å². The highest BCUT2D eigenvalue weighted by atomic mass is 127. The smallest absolute Gasteiger partial charge is 0.193 e. The molecule has 2 heterocycles. The molecule has 2 aromatic heterocycles. The second-order valence-corrected chi connectivity index (χ2v) is 5.13. The lowest BCUT2D eigenvalue weighted by molar-refractivity contribution is 0.415. The molecule has 126 valence electrons. The minimum absolute atomic E-state index is 0. The van der Waals surface area contributed by atoms with E-state index < -0.39 is 0 Å². The monoisotopic (exact) mass is 458 g/mol. The molecule has 0 saturated carbocycles. The minimum atomic E-state index is 0. The van der Waals surface area contributed by atoms with Gasteiger partial charge in [-0.25, -0.2) is 4.99 Å². The molecule has 0 fully saturated rings. The van der Waals surface area contributed by atoms with Gasteiger partial charge in [0, 0.05) is 11.9 Å². The van der Waals surface area contributed by atoms with E-state index in [1.165, 1.54) is 0 Å². The molecule has 1 aromatic carbocycles. The number of nitrogens with one attached hydrogen (secondary N) is 1. The molecule has 9 heteroatoms. The van der Waals surface area contributed by atoms with Crippen molar-refractivity contribution in [3.63, 3.8) is 0 Å². The van der Waals surface area contributed by atoms with Crippen molar-refractivity contribution in [2.45, 2.75) is 6.54 Å². The second-order valence-electron chi connectivity index (χ2n) is 4.72. The normalized spacial score (nSPS) is 11.2. The highest BCUT2D eigenvalue weighted by molar-refractivity contribution is 14.0. The van der Waals surface area contributed by atoms with E-state index in [0.29, 0.717) is 23.1 Å². The standard InChI is InChI=1S/C15H15ClN6O.HI/c1-23-12-6-5-10(8-11(12)16)19-15(17)18-9-14-21-20-13-4-2-3-7-22(13)14;/h2-8H,9H2,1H3,(H3,17,18,19);1H. The van der Waals surface area contributed by atoms with E-state index in [-0.39, 0.29) is 29.9 Å². The molecule has 0 amide bonds. The second kappa shape index (κ2) is 8.15. The molecule has 0 spiro atoms. The fourth-order valence-corrected chi connectivity index (χ4v) is 2.34. The molecule has 3 aromatic rings. The van der Waals surface area contributed by atoms with Crippen LogP contribution in [0.2, 0.25) is 5.02 Å². The molecule has 0 radical (unpaired) electrons. The van der Waals surface area contributed by atoms with Gasteiger partial charge < -0.3 is 15.8 Å². The van der Waals surface area contributed by atoms with Crippen LogP contribution in [0.15, 0.2) is 47.6 Å². The Balaban J connectivity index is 0.00000208. The molecule has 0 aliphatic rings. The number of nitrogens with zero attached hydrogens (tertiary/aromatic N) is 4. The first kappa shape index (κ1) is 18.3. The number of methoxy groups -OCH3 is 1. The zero-order valence-electron chi connectivity index (χ0n) is 12.8. The Hall–Kier alpha value is -2.07. The highest BCUT2D eigenvalue weighted by Crippen LogP contribution is 2.27. The number of aromatic nitrogens is 3. The number of rotatable bonds is 4. The molecule has 3 rings (SSSR count). The van der Waals surface area contributed by atoms with E-state index in [9.17, 15) is 0 Å². The predicted molar refractivity (Wildman–Crippen MR) is 105 cm³/mol. The van der Waals surface area contributed by atoms with Crippen molar-refractivity contribution in [2.75, 3.05) is 12.4 Å². The van der Waals surface area contributed by atoms with Gasteiger partial charge in [-0.05, 0) is 30.3 Å². The summed E-state index contributed by atoms with van der Waals surface area (Å²) in [5.74, 6) is 1.57. The van der Waals surface area contributed by atoms with Crippen molar-refractivity contribution in [2.24, 2.45) is 10.7 Å². The van der Waals surface area contributed by atoms with Gasteiger partial charge in [0.1, 0.15) is 12.3 Å². The SMILES string of the molecule is COc1ccc(NC(N)=NCc2nnc3ccccn23)cc1Cl.I. The number of guanidine groups is 1. The molecule has 0 atom stereocenters. The van der Waals surface area contributed by atoms with Crippen LogP contribution in [0, 0.1) is 0 Å². The Morgan fingerprint density at radius 2 is 2.17 bits per heavy atom. The van der Waals surface area contributed by atoms with Crippen LogP contribution >= 0.6 is 35.6 Å². The van der Waals surface area contributed by atoms with E-state index >= 15 is 0 Å². The quantitative estimate of drug-likeness (QED) is 0.356. The lowest BCUT2D eigenvalue weighted by atomic mass is 10.3. The number of nitrogens with two attached hydrogens (primary N) is 1. The van der Waals surface area contributed by atoms with Gasteiger partial charge in [-0.3, -0.25) is 4.40 Å². The van der Waals surface area contributed by atoms with Crippen molar-refractivity contribution >= 4 is 52.9 Å². The molecule has 3 N–H and O–H groups in total. The lowest BCUT2D eigenvalue weighted by Gasteiger charge is -2.08. The fourth-order valence-electron chi connectivity index (χ4n) is 2.09. The summed E-state index contributed by atoms with van der Waals surface area (Å²) in [6.45, 7) is 0.313. The Labute approximate surface area is 160 Å². The molecule has 0 unspecified atom stereocenters. The van der Waals surface area contributed by atoms with Crippen LogP contribution in [0.1, 0.15) is 5.82 Å². The van der Waals surface area contributed by atoms with Crippen molar-refractivity contribution in [3.8, 4) is 5.75 Å². The van der Waals surface area contributed by atoms with Gasteiger partial charge >= 0.3 is 0 Å². The van der Waals surface area contributed by atoms with E-state index in [1.54, 1.807) is 25.3 Å². The van der Waals surface area contributed by atoms with Crippen molar-refractivity contribution in [3.05, 3.63) is 53.4 Å². The Kier molecular flexibility index (Phi) is 6.21. The maximum absolute atomic E-state index is 6.07. The Morgan fingerprint density at radius 1 is 1.33 bits per heavy atom. The lowest BCUT2D eigenvalue weighted by Crippen LogP contribution is -2.22. The molecule has 7 nitrogen and oxygen atoms in total. The zero-order valence-corrected chi connectivity index (χ0v) is 15.9. The van der Waals surface area contributed by atoms with Gasteiger partial charge in [0.15, 0.2) is 17.4 Å². The van der Waals surface area contributed by atoms with Gasteiger partial charge in [-0.1, -0.05) is 17.7 Å². The largest absolute Gasteiger partial charge is 0.495 e. The zero-order chi connectivity index (χ0) is 16.2. The molecular weight excluding hydrogens is 443 g/mol. The number of anilines is 1. The third kappa shape index (κ3) is 4.06. The van der Waals surface area contributed by atoms with Crippen LogP contribution in [-0.4, -0.2) is 27.7 Å². The van der Waals surface area contributed by atoms with Gasteiger partial charge in [-0.15, -0.1) is 34.2 Å². The molecule has 24 heavy (non-hydrogen) atoms. The van der Waals surface area contributed by atoms with Crippen LogP contribution in [-0.2, 0) is 6.54 Å². The Morgan fingerprint density at radius 3 is 2.92 bits per heavy atom. The molecular formula is C15H16ClIN6O. The van der Waals surface area contributed by atoms with Gasteiger partial charge in [0.25, 0.3) is 0 Å². The van der Waals surface area contributed by atoms with Crippen LogP contribution in [0.25, 0.3) is 5.65 Å². The summed E-state index contributed by atoms with van der Waals surface area (Å²) >= 11 is 6.07. The van der Waals surface area contributed by atoms with Crippen molar-refractivity contribution in [1.82, 2.24) is 14.6 Å². The fraction of sp³-hybridized carbons (Fsp3) is 0.133. The van der Waals surface area contributed by atoms with Crippen LogP contribution in [0.4, 0.5) is 5.69 Å². The van der Waals surface area contributed by atoms with E-state index in [4.69, 9.17) is 22.1 Å². The number of fused-ring (bicyclic) bond motifs is 1. The molecule has 0 aliphatic carbocycles. The summed E-state index contributed by atoms with van der Waals surface area (Å²) in [4.78, 5) is 4.27. The van der Waals surface area contributed by atoms with Gasteiger partial charge in [0.05, 0.1) is 12.1 Å². The number of benzene rings is 1. The average molecular weight is 459 g/mol.